The Morgan fingerprint density at radius 2 is 2.21 bits per heavy atom. The summed E-state index contributed by atoms with van der Waals surface area (Å²) in [5.74, 6) is 2.13. The molecule has 5 nitrogen and oxygen atoms in total. The van der Waals surface area contributed by atoms with E-state index >= 15 is 0 Å². The molecular formula is C8H10ClN5. The van der Waals surface area contributed by atoms with Gasteiger partial charge in [0.2, 0.25) is 0 Å². The summed E-state index contributed by atoms with van der Waals surface area (Å²) in [4.78, 5) is 8.24. The lowest BCUT2D eigenvalue weighted by atomic mass is 10.5. The molecule has 0 fully saturated rings. The van der Waals surface area contributed by atoms with Crippen LogP contribution in [0.15, 0.2) is 18.7 Å². The zero-order valence-electron chi connectivity index (χ0n) is 7.76. The van der Waals surface area contributed by atoms with Crippen molar-refractivity contribution in [3.05, 3.63) is 30.4 Å². The van der Waals surface area contributed by atoms with Crippen molar-refractivity contribution in [2.75, 3.05) is 0 Å². The number of hydrogen-bond acceptors (Lipinski definition) is 3. The van der Waals surface area contributed by atoms with Crippen molar-refractivity contribution in [3.63, 3.8) is 0 Å². The minimum Gasteiger partial charge on any atom is -0.326 e. The Balaban J connectivity index is 2.22. The number of alkyl halides is 1. The van der Waals surface area contributed by atoms with Gasteiger partial charge in [-0.1, -0.05) is 0 Å². The smallest absolute Gasteiger partial charge is 0.146 e. The molecular weight excluding hydrogens is 202 g/mol. The maximum atomic E-state index is 5.73. The van der Waals surface area contributed by atoms with Crippen LogP contribution in [-0.2, 0) is 19.5 Å². The van der Waals surface area contributed by atoms with Gasteiger partial charge in [-0.05, 0) is 0 Å². The highest BCUT2D eigenvalue weighted by Crippen LogP contribution is 2.04. The van der Waals surface area contributed by atoms with Gasteiger partial charge in [-0.3, -0.25) is 4.68 Å². The second-order valence-electron chi connectivity index (χ2n) is 2.90. The molecule has 0 bridgehead atoms. The fraction of sp³-hybridized carbons (Fsp3) is 0.375. The maximum absolute atomic E-state index is 5.73. The van der Waals surface area contributed by atoms with E-state index in [1.54, 1.807) is 10.9 Å². The van der Waals surface area contributed by atoms with E-state index in [-0.39, 0.29) is 0 Å². The summed E-state index contributed by atoms with van der Waals surface area (Å²) in [5, 5.41) is 3.99. The highest BCUT2D eigenvalue weighted by atomic mass is 35.5. The van der Waals surface area contributed by atoms with Gasteiger partial charge in [-0.25, -0.2) is 9.97 Å². The van der Waals surface area contributed by atoms with E-state index in [1.165, 1.54) is 6.33 Å². The summed E-state index contributed by atoms with van der Waals surface area (Å²) in [7, 11) is 1.86. The van der Waals surface area contributed by atoms with E-state index < -0.39 is 0 Å². The highest BCUT2D eigenvalue weighted by molar-refractivity contribution is 6.16. The lowest BCUT2D eigenvalue weighted by Gasteiger charge is -2.04. The van der Waals surface area contributed by atoms with Crippen LogP contribution in [0.5, 0.6) is 0 Å². The molecule has 0 spiro atoms. The van der Waals surface area contributed by atoms with Gasteiger partial charge < -0.3 is 4.57 Å². The maximum Gasteiger partial charge on any atom is 0.146 e. The molecule has 0 saturated carbocycles. The van der Waals surface area contributed by atoms with Crippen LogP contribution in [0.3, 0.4) is 0 Å². The van der Waals surface area contributed by atoms with Crippen molar-refractivity contribution in [1.29, 1.82) is 0 Å². The first-order valence-electron chi connectivity index (χ1n) is 4.20. The van der Waals surface area contributed by atoms with Gasteiger partial charge in [-0.15, -0.1) is 11.6 Å². The number of hydrogen-bond donors (Lipinski definition) is 0. The van der Waals surface area contributed by atoms with Crippen molar-refractivity contribution in [2.45, 2.75) is 12.4 Å². The zero-order chi connectivity index (χ0) is 9.97. The molecule has 2 aromatic rings. The van der Waals surface area contributed by atoms with E-state index in [0.29, 0.717) is 12.4 Å². The van der Waals surface area contributed by atoms with E-state index in [2.05, 4.69) is 15.1 Å². The fourth-order valence-electron chi connectivity index (χ4n) is 1.23. The first-order valence-corrected chi connectivity index (χ1v) is 4.73. The third-order valence-corrected chi connectivity index (χ3v) is 2.28. The normalized spacial score (nSPS) is 10.7. The standard InChI is InChI=1S/C8H10ClN5/c1-13-8(11-6-12-13)5-14-3-2-10-7(14)4-9/h2-3,6H,4-5H2,1H3. The third-order valence-electron chi connectivity index (χ3n) is 2.04. The van der Waals surface area contributed by atoms with Crippen LogP contribution < -0.4 is 0 Å². The second kappa shape index (κ2) is 3.79. The molecule has 0 aliphatic heterocycles. The largest absolute Gasteiger partial charge is 0.326 e. The van der Waals surface area contributed by atoms with Crippen molar-refractivity contribution < 1.29 is 0 Å². The fourth-order valence-corrected chi connectivity index (χ4v) is 1.45. The van der Waals surface area contributed by atoms with E-state index in [1.807, 2.05) is 17.8 Å². The molecule has 74 valence electrons. The molecule has 0 N–H and O–H groups in total. The Hall–Kier alpha value is -1.36. The van der Waals surface area contributed by atoms with Crippen LogP contribution >= 0.6 is 11.6 Å². The highest BCUT2D eigenvalue weighted by Gasteiger charge is 2.05. The average Bonchev–Trinajstić information content (AvgIpc) is 2.77. The monoisotopic (exact) mass is 211 g/mol. The summed E-state index contributed by atoms with van der Waals surface area (Å²) in [6, 6.07) is 0. The zero-order valence-corrected chi connectivity index (χ0v) is 8.52. The molecule has 2 heterocycles. The Morgan fingerprint density at radius 1 is 1.36 bits per heavy atom. The van der Waals surface area contributed by atoms with Crippen LogP contribution in [0.2, 0.25) is 0 Å². The lowest BCUT2D eigenvalue weighted by molar-refractivity contribution is 0.641. The summed E-state index contributed by atoms with van der Waals surface area (Å²) in [6.45, 7) is 0.651. The van der Waals surface area contributed by atoms with Crippen molar-refractivity contribution in [3.8, 4) is 0 Å². The first-order chi connectivity index (χ1) is 6.81. The van der Waals surface area contributed by atoms with E-state index in [4.69, 9.17) is 11.6 Å². The van der Waals surface area contributed by atoms with Crippen molar-refractivity contribution in [1.82, 2.24) is 24.3 Å². The Bertz CT molecular complexity index is 419. The molecule has 0 amide bonds. The summed E-state index contributed by atoms with van der Waals surface area (Å²) in [6.07, 6.45) is 5.15. The van der Waals surface area contributed by atoms with Crippen LogP contribution in [0.4, 0.5) is 0 Å². The minimum absolute atomic E-state index is 0.408. The van der Waals surface area contributed by atoms with Gasteiger partial charge in [0.1, 0.15) is 18.0 Å². The van der Waals surface area contributed by atoms with Gasteiger partial charge in [-0.2, -0.15) is 5.10 Å². The number of halogens is 1. The molecule has 14 heavy (non-hydrogen) atoms. The number of aryl methyl sites for hydroxylation is 1. The minimum atomic E-state index is 0.408. The predicted octanol–water partition coefficient (Wildman–Crippen LogP) is 0.799. The van der Waals surface area contributed by atoms with Crippen LogP contribution in [0.1, 0.15) is 11.6 Å². The topological polar surface area (TPSA) is 48.5 Å². The van der Waals surface area contributed by atoms with Crippen molar-refractivity contribution >= 4 is 11.6 Å². The third kappa shape index (κ3) is 1.63. The molecule has 0 aliphatic rings. The molecule has 0 saturated heterocycles. The van der Waals surface area contributed by atoms with Gasteiger partial charge in [0.25, 0.3) is 0 Å². The molecule has 0 aliphatic carbocycles. The second-order valence-corrected chi connectivity index (χ2v) is 3.17. The summed E-state index contributed by atoms with van der Waals surface area (Å²) >= 11 is 5.73. The van der Waals surface area contributed by atoms with Crippen LogP contribution in [0, 0.1) is 0 Å². The van der Waals surface area contributed by atoms with Gasteiger partial charge in [0.15, 0.2) is 0 Å². The predicted molar refractivity (Wildman–Crippen MR) is 51.9 cm³/mol. The van der Waals surface area contributed by atoms with Crippen molar-refractivity contribution in [2.24, 2.45) is 7.05 Å². The van der Waals surface area contributed by atoms with Crippen LogP contribution in [-0.4, -0.2) is 24.3 Å². The van der Waals surface area contributed by atoms with Gasteiger partial charge in [0.05, 0.1) is 12.4 Å². The quantitative estimate of drug-likeness (QED) is 0.706. The number of nitrogens with zero attached hydrogens (tertiary/aromatic N) is 5. The molecule has 2 aromatic heterocycles. The van der Waals surface area contributed by atoms with Gasteiger partial charge in [0, 0.05) is 19.4 Å². The first kappa shape index (κ1) is 9.21. The molecule has 6 heteroatoms. The number of aromatic nitrogens is 5. The summed E-state index contributed by atoms with van der Waals surface area (Å²) in [5.41, 5.74) is 0. The Morgan fingerprint density at radius 3 is 2.86 bits per heavy atom. The molecule has 0 radical (unpaired) electrons. The molecule has 0 atom stereocenters. The van der Waals surface area contributed by atoms with Crippen LogP contribution in [0.25, 0.3) is 0 Å². The van der Waals surface area contributed by atoms with E-state index in [9.17, 15) is 0 Å². The Kier molecular flexibility index (Phi) is 2.49. The van der Waals surface area contributed by atoms with E-state index in [0.717, 1.165) is 11.6 Å². The lowest BCUT2D eigenvalue weighted by Crippen LogP contribution is -2.08. The van der Waals surface area contributed by atoms with Gasteiger partial charge >= 0.3 is 0 Å². The molecule has 2 rings (SSSR count). The average molecular weight is 212 g/mol. The molecule has 0 unspecified atom stereocenters. The Labute approximate surface area is 86.4 Å². The SMILES string of the molecule is Cn1ncnc1Cn1ccnc1CCl. The summed E-state index contributed by atoms with van der Waals surface area (Å²) < 4.78 is 3.69. The molecule has 0 aromatic carbocycles. The number of imidazole rings is 1. The number of rotatable bonds is 3.